The summed E-state index contributed by atoms with van der Waals surface area (Å²) in [6, 6.07) is 0.117. The molecule has 3 N–H and O–H groups in total. The molecule has 0 amide bonds. The van der Waals surface area contributed by atoms with E-state index in [0.717, 1.165) is 12.8 Å². The van der Waals surface area contributed by atoms with E-state index in [9.17, 15) is 8.78 Å². The van der Waals surface area contributed by atoms with Crippen molar-refractivity contribution in [2.45, 2.75) is 63.3 Å². The summed E-state index contributed by atoms with van der Waals surface area (Å²) in [5, 5.41) is 0. The molecule has 1 fully saturated rings. The Morgan fingerprint density at radius 1 is 1.29 bits per heavy atom. The van der Waals surface area contributed by atoms with Gasteiger partial charge in [-0.25, -0.2) is 8.78 Å². The van der Waals surface area contributed by atoms with Gasteiger partial charge in [0.1, 0.15) is 0 Å². The zero-order valence-corrected chi connectivity index (χ0v) is 10.2. The molecule has 1 unspecified atom stereocenters. The van der Waals surface area contributed by atoms with Gasteiger partial charge < -0.3 is 0 Å². The Balaban J connectivity index is 1.97. The molecule has 0 aromatic rings. The van der Waals surface area contributed by atoms with E-state index in [2.05, 4.69) is 11.5 Å². The van der Waals surface area contributed by atoms with Crippen molar-refractivity contribution < 1.29 is 8.78 Å². The molecule has 0 aromatic carbocycles. The van der Waals surface area contributed by atoms with Gasteiger partial charge in [0.05, 0.1) is 0 Å². The highest BCUT2D eigenvalue weighted by molar-refractivity contribution is 5.15. The number of nitrogens with one attached hydrogen (secondary N) is 1. The lowest BCUT2D eigenvalue weighted by molar-refractivity contribution is -0.0484. The Bertz CT molecular complexity index is 279. The van der Waals surface area contributed by atoms with Crippen LogP contribution in [0.4, 0.5) is 8.78 Å². The zero-order chi connectivity index (χ0) is 12.3. The Morgan fingerprint density at radius 3 is 2.53 bits per heavy atom. The number of nitrogens with two attached hydrogens (primary N) is 1. The van der Waals surface area contributed by atoms with Crippen molar-refractivity contribution in [1.82, 2.24) is 5.43 Å². The topological polar surface area (TPSA) is 38.0 Å². The van der Waals surface area contributed by atoms with E-state index in [0.29, 0.717) is 12.8 Å². The fourth-order valence-electron chi connectivity index (χ4n) is 3.09. The van der Waals surface area contributed by atoms with Gasteiger partial charge >= 0.3 is 0 Å². The van der Waals surface area contributed by atoms with Gasteiger partial charge in [-0.05, 0) is 44.4 Å². The highest BCUT2D eigenvalue weighted by Gasteiger charge is 2.38. The molecule has 0 saturated heterocycles. The van der Waals surface area contributed by atoms with E-state index in [1.165, 1.54) is 18.4 Å². The maximum absolute atomic E-state index is 13.1. The van der Waals surface area contributed by atoms with Crippen molar-refractivity contribution in [3.05, 3.63) is 11.6 Å². The lowest BCUT2D eigenvalue weighted by Crippen LogP contribution is -2.45. The smallest absolute Gasteiger partial charge is 0.248 e. The van der Waals surface area contributed by atoms with Crippen molar-refractivity contribution >= 4 is 0 Å². The van der Waals surface area contributed by atoms with Crippen LogP contribution in [0.2, 0.25) is 0 Å². The molecule has 98 valence electrons. The zero-order valence-electron chi connectivity index (χ0n) is 10.2. The normalized spacial score (nSPS) is 27.6. The van der Waals surface area contributed by atoms with Crippen LogP contribution >= 0.6 is 0 Å². The molecule has 0 aromatic heterocycles. The van der Waals surface area contributed by atoms with Crippen molar-refractivity contribution in [1.29, 1.82) is 0 Å². The third-order valence-electron chi connectivity index (χ3n) is 4.14. The number of hydrogen-bond acceptors (Lipinski definition) is 2. The van der Waals surface area contributed by atoms with Crippen LogP contribution in [0.15, 0.2) is 11.6 Å². The van der Waals surface area contributed by atoms with Gasteiger partial charge in [0, 0.05) is 18.9 Å². The number of rotatable bonds is 3. The van der Waals surface area contributed by atoms with E-state index in [4.69, 9.17) is 5.84 Å². The lowest BCUT2D eigenvalue weighted by atomic mass is 9.77. The first-order chi connectivity index (χ1) is 8.12. The Hall–Kier alpha value is -0.480. The molecule has 2 aliphatic rings. The Morgan fingerprint density at radius 2 is 2.00 bits per heavy atom. The molecular weight excluding hydrogens is 222 g/mol. The predicted molar refractivity (Wildman–Crippen MR) is 64.6 cm³/mol. The van der Waals surface area contributed by atoms with E-state index in [1.54, 1.807) is 0 Å². The number of hydrazine groups is 1. The standard InChI is InChI=1S/C13H22F2N2/c14-13(15)8-6-11(7-9-13)12(17-16)10-4-2-1-3-5-10/h4,11-12,17H,1-3,5-9,16H2. The second kappa shape index (κ2) is 5.44. The quantitative estimate of drug-likeness (QED) is 0.454. The van der Waals surface area contributed by atoms with Crippen LogP contribution in [-0.2, 0) is 0 Å². The molecule has 0 radical (unpaired) electrons. The largest absolute Gasteiger partial charge is 0.271 e. The third-order valence-corrected chi connectivity index (χ3v) is 4.14. The van der Waals surface area contributed by atoms with E-state index in [-0.39, 0.29) is 24.8 Å². The monoisotopic (exact) mass is 244 g/mol. The molecule has 0 heterocycles. The van der Waals surface area contributed by atoms with Crippen LogP contribution in [0.1, 0.15) is 51.4 Å². The molecule has 0 spiro atoms. The number of halogens is 2. The molecule has 4 heteroatoms. The van der Waals surface area contributed by atoms with Crippen molar-refractivity contribution in [2.75, 3.05) is 0 Å². The SMILES string of the molecule is NNC(C1=CCCCC1)C1CCC(F)(F)CC1. The minimum Gasteiger partial charge on any atom is -0.271 e. The maximum Gasteiger partial charge on any atom is 0.248 e. The minimum atomic E-state index is -2.45. The van der Waals surface area contributed by atoms with Gasteiger partial charge in [-0.15, -0.1) is 0 Å². The summed E-state index contributed by atoms with van der Waals surface area (Å²) in [6.07, 6.45) is 8.07. The van der Waals surface area contributed by atoms with Crippen molar-refractivity contribution in [2.24, 2.45) is 11.8 Å². The van der Waals surface area contributed by atoms with Crippen LogP contribution in [0.5, 0.6) is 0 Å². The fourth-order valence-corrected chi connectivity index (χ4v) is 3.09. The van der Waals surface area contributed by atoms with E-state index >= 15 is 0 Å². The lowest BCUT2D eigenvalue weighted by Gasteiger charge is -2.35. The fraction of sp³-hybridized carbons (Fsp3) is 0.846. The molecule has 17 heavy (non-hydrogen) atoms. The van der Waals surface area contributed by atoms with Gasteiger partial charge in [0.25, 0.3) is 0 Å². The molecule has 1 saturated carbocycles. The molecular formula is C13H22F2N2. The Kier molecular flexibility index (Phi) is 4.15. The molecule has 1 atom stereocenters. The van der Waals surface area contributed by atoms with Crippen LogP contribution in [0, 0.1) is 5.92 Å². The molecule has 2 aliphatic carbocycles. The molecule has 0 bridgehead atoms. The number of alkyl halides is 2. The third kappa shape index (κ3) is 3.26. The maximum atomic E-state index is 13.1. The first-order valence-corrected chi connectivity index (χ1v) is 6.65. The summed E-state index contributed by atoms with van der Waals surface area (Å²) in [5.41, 5.74) is 4.20. The molecule has 2 nitrogen and oxygen atoms in total. The van der Waals surface area contributed by atoms with Crippen LogP contribution in [-0.4, -0.2) is 12.0 Å². The average molecular weight is 244 g/mol. The van der Waals surface area contributed by atoms with Gasteiger partial charge in [-0.3, -0.25) is 11.3 Å². The summed E-state index contributed by atoms with van der Waals surface area (Å²) >= 11 is 0. The molecule has 0 aliphatic heterocycles. The van der Waals surface area contributed by atoms with Crippen LogP contribution in [0.25, 0.3) is 0 Å². The number of allylic oxidation sites excluding steroid dienone is 1. The highest BCUT2D eigenvalue weighted by Crippen LogP contribution is 2.39. The summed E-state index contributed by atoms with van der Waals surface area (Å²) in [4.78, 5) is 0. The summed E-state index contributed by atoms with van der Waals surface area (Å²) in [5.74, 6) is 3.46. The first kappa shape index (κ1) is 13.0. The van der Waals surface area contributed by atoms with Crippen LogP contribution in [0.3, 0.4) is 0 Å². The highest BCUT2D eigenvalue weighted by atomic mass is 19.3. The average Bonchev–Trinajstić information content (AvgIpc) is 2.33. The first-order valence-electron chi connectivity index (χ1n) is 6.65. The van der Waals surface area contributed by atoms with E-state index in [1.807, 2.05) is 0 Å². The summed E-state index contributed by atoms with van der Waals surface area (Å²) in [7, 11) is 0. The summed E-state index contributed by atoms with van der Waals surface area (Å²) < 4.78 is 26.2. The van der Waals surface area contributed by atoms with Gasteiger partial charge in [-0.1, -0.05) is 11.6 Å². The van der Waals surface area contributed by atoms with Crippen molar-refractivity contribution in [3.8, 4) is 0 Å². The minimum absolute atomic E-state index is 0.0170. The summed E-state index contributed by atoms with van der Waals surface area (Å²) in [6.45, 7) is 0. The molecule has 2 rings (SSSR count). The second-order valence-corrected chi connectivity index (χ2v) is 5.36. The predicted octanol–water partition coefficient (Wildman–Crippen LogP) is 3.14. The van der Waals surface area contributed by atoms with Gasteiger partial charge in [-0.2, -0.15) is 0 Å². The Labute approximate surface area is 102 Å². The second-order valence-electron chi connectivity index (χ2n) is 5.36. The van der Waals surface area contributed by atoms with Crippen molar-refractivity contribution in [3.63, 3.8) is 0 Å². The van der Waals surface area contributed by atoms with Crippen LogP contribution < -0.4 is 11.3 Å². The number of hydrogen-bond donors (Lipinski definition) is 2. The van der Waals surface area contributed by atoms with Gasteiger partial charge in [0.2, 0.25) is 5.92 Å². The van der Waals surface area contributed by atoms with Gasteiger partial charge in [0.15, 0.2) is 0 Å². The van der Waals surface area contributed by atoms with E-state index < -0.39 is 5.92 Å².